The fraction of sp³-hybridized carbons (Fsp3) is 0.329. The van der Waals surface area contributed by atoms with Crippen LogP contribution in [-0.2, 0) is 99.6 Å². The maximum Gasteiger partial charge on any atom is 3.00 e. The van der Waals surface area contributed by atoms with E-state index in [-0.39, 0.29) is 47.2 Å². The van der Waals surface area contributed by atoms with Crippen molar-refractivity contribution in [1.29, 1.82) is 0 Å². The Labute approximate surface area is 492 Å². The summed E-state index contributed by atoms with van der Waals surface area (Å²) in [6.45, 7) is 25.9. The van der Waals surface area contributed by atoms with Gasteiger partial charge in [0.1, 0.15) is 0 Å². The summed E-state index contributed by atoms with van der Waals surface area (Å²) in [4.78, 5) is 15.5. The van der Waals surface area contributed by atoms with Crippen LogP contribution in [0.3, 0.4) is 0 Å². The van der Waals surface area contributed by atoms with Gasteiger partial charge in [-0.25, -0.2) is 0 Å². The summed E-state index contributed by atoms with van der Waals surface area (Å²) in [6, 6.07) is 66.5. The van der Waals surface area contributed by atoms with Crippen LogP contribution in [0.2, 0.25) is 0 Å². The summed E-state index contributed by atoms with van der Waals surface area (Å²) in [5.41, 5.74) is 24.8. The monoisotopic (exact) mass is 1230 g/mol. The first-order valence-corrected chi connectivity index (χ1v) is 28.9. The van der Waals surface area contributed by atoms with Crippen molar-refractivity contribution in [2.75, 3.05) is 0 Å². The topological polar surface area (TPSA) is 38.7 Å². The molecule has 9 aliphatic carbocycles. The van der Waals surface area contributed by atoms with E-state index in [1.165, 1.54) is 83.5 Å². The van der Waals surface area contributed by atoms with Gasteiger partial charge in [0.25, 0.3) is 0 Å². The first kappa shape index (κ1) is 56.7. The summed E-state index contributed by atoms with van der Waals surface area (Å²) < 4.78 is 0. The van der Waals surface area contributed by atoms with Crippen LogP contribution >= 0.6 is 0 Å². The van der Waals surface area contributed by atoms with E-state index in [1.54, 1.807) is 0 Å². The third-order valence-corrected chi connectivity index (χ3v) is 17.2. The van der Waals surface area contributed by atoms with Crippen LogP contribution in [0.4, 0.5) is 0 Å². The average Bonchev–Trinajstić information content (AvgIpc) is 3.48. The molecule has 3 nitrogen and oxygen atoms in total. The molecule has 0 radical (unpaired) electrons. The molecule has 36 rings (SSSR count). The number of rotatable bonds is 2. The maximum atomic E-state index is 5.22. The van der Waals surface area contributed by atoms with E-state index in [4.69, 9.17) is 15.0 Å². The van der Waals surface area contributed by atoms with Crippen molar-refractivity contribution in [2.45, 2.75) is 156 Å². The van der Waals surface area contributed by atoms with E-state index in [9.17, 15) is 0 Å². The second-order valence-corrected chi connectivity index (χ2v) is 27.2. The molecule has 0 atom stereocenters. The first-order valence-electron chi connectivity index (χ1n) is 28.9. The van der Waals surface area contributed by atoms with Gasteiger partial charge in [-0.3, -0.25) is 0 Å². The zero-order valence-corrected chi connectivity index (χ0v) is 51.5. The second kappa shape index (κ2) is 22.4. The number of aryl methyl sites for hydroxylation is 4. The molecule has 0 saturated carbocycles. The van der Waals surface area contributed by atoms with Crippen molar-refractivity contribution in [3.63, 3.8) is 0 Å². The van der Waals surface area contributed by atoms with E-state index < -0.39 is 0 Å². The molecular weight excluding hydrogens is 1150 g/mol. The minimum Gasteiger partial charge on any atom is -0.304 e. The Hall–Kier alpha value is -6.58. The summed E-state index contributed by atoms with van der Waals surface area (Å²) in [5, 5.41) is 0. The van der Waals surface area contributed by atoms with Crippen molar-refractivity contribution in [3.05, 3.63) is 255 Å². The fourth-order valence-corrected chi connectivity index (χ4v) is 12.5. The van der Waals surface area contributed by atoms with Crippen LogP contribution < -0.4 is 0 Å². The molecular formula is C76H78IrN3. The van der Waals surface area contributed by atoms with Gasteiger partial charge in [-0.15, -0.1) is 106 Å². The largest absolute Gasteiger partial charge is 3.00 e. The molecule has 27 aliphatic rings. The molecule has 18 bridgehead atoms. The average molecular weight is 1230 g/mol. The number of nitrogens with zero attached hydrogens (tertiary/aromatic N) is 3. The standard InChI is InChI=1S/C76H78N3.Ir/c1-72(2,3)43-52-16-21-59(22-17-52)68-42-71-62-23-14-51(15-24-62)12-13-55-38-58-41-67(40-55)76(10,11)44-53-18-25-60(26-19-53)69-34-32-65(49-78-69)74(6,7)45-56-36-54(20-27-63(68)48-77-71)37-57(39-56)46-75(8,9)66-33-35-70(79-50-66)61-28-30-64(31-29-61)73(4,5)47-58;/h14-19,21-23,25,28,30-42,48-50H,12-13,20,27,43-47H2,1-11H3;/q-3;+3. The number of pyridine rings is 3. The quantitative estimate of drug-likeness (QED) is 0.162. The van der Waals surface area contributed by atoms with Crippen molar-refractivity contribution < 1.29 is 20.1 Å². The zero-order chi connectivity index (χ0) is 55.3. The Morgan fingerprint density at radius 2 is 0.825 bits per heavy atom. The Bertz CT molecular complexity index is 3610. The molecule has 0 spiro atoms. The summed E-state index contributed by atoms with van der Waals surface area (Å²) in [7, 11) is 0. The van der Waals surface area contributed by atoms with Crippen LogP contribution in [-0.4, -0.2) is 15.0 Å². The number of hydrogen-bond donors (Lipinski definition) is 0. The van der Waals surface area contributed by atoms with Crippen molar-refractivity contribution >= 4 is 0 Å². The van der Waals surface area contributed by atoms with Crippen molar-refractivity contribution in [3.8, 4) is 44.9 Å². The molecule has 0 amide bonds. The molecule has 0 N–H and O–H groups in total. The van der Waals surface area contributed by atoms with Gasteiger partial charge in [0.15, 0.2) is 0 Å². The zero-order valence-electron chi connectivity index (χ0n) is 49.1. The predicted molar refractivity (Wildman–Crippen MR) is 329 cm³/mol. The van der Waals surface area contributed by atoms with E-state index in [0.717, 1.165) is 91.6 Å². The molecule has 6 aromatic carbocycles. The van der Waals surface area contributed by atoms with Crippen LogP contribution in [0.25, 0.3) is 44.9 Å². The van der Waals surface area contributed by atoms with Gasteiger partial charge in [-0.1, -0.05) is 180 Å². The molecule has 0 fully saturated rings. The van der Waals surface area contributed by atoms with E-state index >= 15 is 0 Å². The molecule has 80 heavy (non-hydrogen) atoms. The smallest absolute Gasteiger partial charge is 0.304 e. The molecule has 21 heterocycles. The Kier molecular flexibility index (Phi) is 15.9. The Morgan fingerprint density at radius 3 is 1.36 bits per heavy atom. The molecule has 406 valence electrons. The van der Waals surface area contributed by atoms with Gasteiger partial charge in [0, 0.05) is 18.6 Å². The molecule has 18 aliphatic heterocycles. The maximum absolute atomic E-state index is 5.22. The fourth-order valence-electron chi connectivity index (χ4n) is 12.5. The van der Waals surface area contributed by atoms with Gasteiger partial charge in [0.2, 0.25) is 0 Å². The number of aromatic nitrogens is 3. The first-order chi connectivity index (χ1) is 37.6. The molecule has 3 aromatic heterocycles. The number of hydrogen-bond acceptors (Lipinski definition) is 3. The normalized spacial score (nSPS) is 16.4. The van der Waals surface area contributed by atoms with Crippen LogP contribution in [0.1, 0.15) is 148 Å². The Balaban J connectivity index is 0.00000720. The molecule has 9 aromatic rings. The van der Waals surface area contributed by atoms with Crippen molar-refractivity contribution in [2.24, 2.45) is 5.41 Å². The van der Waals surface area contributed by atoms with Crippen molar-refractivity contribution in [1.82, 2.24) is 15.0 Å². The minimum absolute atomic E-state index is 0. The van der Waals surface area contributed by atoms with Gasteiger partial charge in [-0.2, -0.15) is 0 Å². The SMILES string of the molecule is CC(C)(C)Cc1ccc(-c2cc3ncc2CCc2cc4cc(c2)CC(C)(C)c2ccc(nc2)-c2[c-]cc(cc2)C(C)(C)Cc2cc(cc(c2)C(C)(C)Cc2c[c-]c(cc2)-c2ccc(cn2)C(C)(C)C4)CCc2c[c-]c-3cc2)cc1.[Ir+3]. The molecule has 0 unspecified atom stereocenters. The summed E-state index contributed by atoms with van der Waals surface area (Å²) >= 11 is 0. The molecule has 4 heteroatoms. The van der Waals surface area contributed by atoms with Crippen LogP contribution in [0.15, 0.2) is 164 Å². The summed E-state index contributed by atoms with van der Waals surface area (Å²) in [6.07, 6.45) is 14.5. The molecule has 0 saturated heterocycles. The van der Waals surface area contributed by atoms with E-state index in [2.05, 4.69) is 259 Å². The van der Waals surface area contributed by atoms with Gasteiger partial charge >= 0.3 is 20.1 Å². The van der Waals surface area contributed by atoms with Crippen LogP contribution in [0, 0.1) is 23.6 Å². The summed E-state index contributed by atoms with van der Waals surface area (Å²) in [5.74, 6) is 0. The van der Waals surface area contributed by atoms with Crippen LogP contribution in [0.5, 0.6) is 0 Å². The van der Waals surface area contributed by atoms with Gasteiger partial charge < -0.3 is 15.0 Å². The third-order valence-electron chi connectivity index (χ3n) is 17.2. The van der Waals surface area contributed by atoms with Gasteiger partial charge in [0.05, 0.1) is 0 Å². The minimum atomic E-state index is -0.182. The predicted octanol–water partition coefficient (Wildman–Crippen LogP) is 17.8. The Morgan fingerprint density at radius 1 is 0.388 bits per heavy atom. The third kappa shape index (κ3) is 12.9. The van der Waals surface area contributed by atoms with E-state index in [1.807, 2.05) is 0 Å². The second-order valence-electron chi connectivity index (χ2n) is 27.2. The van der Waals surface area contributed by atoms with E-state index in [0.29, 0.717) is 0 Å². The number of benzene rings is 6. The van der Waals surface area contributed by atoms with Gasteiger partial charge in [-0.05, 0) is 156 Å².